The van der Waals surface area contributed by atoms with Gasteiger partial charge in [-0.15, -0.1) is 12.4 Å². The molecule has 1 aromatic carbocycles. The lowest BCUT2D eigenvalue weighted by Crippen LogP contribution is -2.42. The van der Waals surface area contributed by atoms with Gasteiger partial charge >= 0.3 is 0 Å². The molecular weight excluding hydrogens is 323 g/mol. The zero-order valence-electron chi connectivity index (χ0n) is 11.0. The molecule has 8 heteroatoms. The van der Waals surface area contributed by atoms with Crippen LogP contribution in [0.2, 0.25) is 5.02 Å². The minimum absolute atomic E-state index is 0. The Morgan fingerprint density at radius 3 is 2.65 bits per heavy atom. The number of nitrogens with zero attached hydrogens (tertiary/aromatic N) is 1. The molecule has 20 heavy (non-hydrogen) atoms. The van der Waals surface area contributed by atoms with Gasteiger partial charge in [-0.2, -0.15) is 0 Å². The SMILES string of the molecule is CC(N)C(=O)N(C)C1CS(=O)(=O)c2ccc(Cl)cc21.Cl. The molecule has 2 atom stereocenters. The number of hydrogen-bond donors (Lipinski definition) is 1. The van der Waals surface area contributed by atoms with Crippen LogP contribution in [-0.2, 0) is 14.6 Å². The maximum absolute atomic E-state index is 12.1. The van der Waals surface area contributed by atoms with Crippen LogP contribution < -0.4 is 5.73 Å². The third-order valence-electron chi connectivity index (χ3n) is 3.25. The molecule has 0 bridgehead atoms. The van der Waals surface area contributed by atoms with Crippen molar-refractivity contribution in [2.45, 2.75) is 23.9 Å². The first-order chi connectivity index (χ1) is 8.74. The molecule has 5 nitrogen and oxygen atoms in total. The van der Waals surface area contributed by atoms with Gasteiger partial charge in [0, 0.05) is 12.1 Å². The second kappa shape index (κ2) is 5.89. The summed E-state index contributed by atoms with van der Waals surface area (Å²) in [6.45, 7) is 1.57. The normalized spacial score (nSPS) is 20.7. The fourth-order valence-corrected chi connectivity index (χ4v) is 4.25. The van der Waals surface area contributed by atoms with Gasteiger partial charge in [0.25, 0.3) is 0 Å². The van der Waals surface area contributed by atoms with E-state index in [4.69, 9.17) is 17.3 Å². The maximum Gasteiger partial charge on any atom is 0.239 e. The Balaban J connectivity index is 0.00000200. The Kier molecular flexibility index (Phi) is 5.08. The lowest BCUT2D eigenvalue weighted by Gasteiger charge is -2.26. The van der Waals surface area contributed by atoms with Gasteiger partial charge in [0.15, 0.2) is 9.84 Å². The molecular formula is C12H16Cl2N2O3S. The number of fused-ring (bicyclic) bond motifs is 1. The lowest BCUT2D eigenvalue weighted by atomic mass is 10.1. The molecule has 1 aliphatic heterocycles. The van der Waals surface area contributed by atoms with E-state index in [1.165, 1.54) is 17.0 Å². The first-order valence-corrected chi connectivity index (χ1v) is 7.81. The number of benzene rings is 1. The van der Waals surface area contributed by atoms with Crippen LogP contribution in [0.5, 0.6) is 0 Å². The number of rotatable bonds is 2. The Labute approximate surface area is 129 Å². The molecule has 112 valence electrons. The highest BCUT2D eigenvalue weighted by molar-refractivity contribution is 7.91. The van der Waals surface area contributed by atoms with E-state index in [0.717, 1.165) is 0 Å². The highest BCUT2D eigenvalue weighted by atomic mass is 35.5. The van der Waals surface area contributed by atoms with E-state index in [1.54, 1.807) is 20.0 Å². The fourth-order valence-electron chi connectivity index (χ4n) is 2.25. The minimum atomic E-state index is -3.37. The summed E-state index contributed by atoms with van der Waals surface area (Å²) in [4.78, 5) is 13.5. The van der Waals surface area contributed by atoms with Crippen molar-refractivity contribution < 1.29 is 13.2 Å². The predicted molar refractivity (Wildman–Crippen MR) is 79.9 cm³/mol. The standard InChI is InChI=1S/C12H15ClN2O3S.ClH/c1-7(14)12(16)15(2)10-6-19(17,18)11-4-3-8(13)5-9(10)11;/h3-5,7,10H,6,14H2,1-2H3;1H. The number of carbonyl (C=O) groups excluding carboxylic acids is 1. The Bertz CT molecular complexity index is 632. The summed E-state index contributed by atoms with van der Waals surface area (Å²) in [5.41, 5.74) is 6.11. The van der Waals surface area contributed by atoms with Gasteiger partial charge in [0.1, 0.15) is 0 Å². The monoisotopic (exact) mass is 338 g/mol. The van der Waals surface area contributed by atoms with Gasteiger partial charge in [-0.25, -0.2) is 8.42 Å². The van der Waals surface area contributed by atoms with Crippen molar-refractivity contribution in [1.82, 2.24) is 4.90 Å². The van der Waals surface area contributed by atoms with E-state index in [-0.39, 0.29) is 29.0 Å². The molecule has 0 saturated carbocycles. The Hall–Kier alpha value is -0.820. The molecule has 0 radical (unpaired) electrons. The van der Waals surface area contributed by atoms with E-state index in [9.17, 15) is 13.2 Å². The van der Waals surface area contributed by atoms with E-state index in [1.807, 2.05) is 0 Å². The van der Waals surface area contributed by atoms with Crippen LogP contribution in [0.4, 0.5) is 0 Å². The molecule has 0 aliphatic carbocycles. The van der Waals surface area contributed by atoms with E-state index < -0.39 is 21.9 Å². The highest BCUT2D eigenvalue weighted by Gasteiger charge is 2.38. The molecule has 1 amide bonds. The quantitative estimate of drug-likeness (QED) is 0.883. The third kappa shape index (κ3) is 2.93. The van der Waals surface area contributed by atoms with E-state index >= 15 is 0 Å². The van der Waals surface area contributed by atoms with Crippen molar-refractivity contribution in [2.24, 2.45) is 5.73 Å². The van der Waals surface area contributed by atoms with Gasteiger partial charge in [0.2, 0.25) is 5.91 Å². The van der Waals surface area contributed by atoms with Crippen molar-refractivity contribution in [3.63, 3.8) is 0 Å². The van der Waals surface area contributed by atoms with Crippen molar-refractivity contribution in [2.75, 3.05) is 12.8 Å². The number of nitrogens with two attached hydrogens (primary N) is 1. The van der Waals surface area contributed by atoms with Crippen LogP contribution in [-0.4, -0.2) is 38.1 Å². The van der Waals surface area contributed by atoms with Gasteiger partial charge in [0.05, 0.1) is 22.7 Å². The first kappa shape index (κ1) is 17.2. The number of halogens is 2. The van der Waals surface area contributed by atoms with Gasteiger partial charge in [-0.05, 0) is 30.7 Å². The number of sulfone groups is 1. The van der Waals surface area contributed by atoms with E-state index in [0.29, 0.717) is 10.6 Å². The average Bonchev–Trinajstić information content (AvgIpc) is 2.59. The Morgan fingerprint density at radius 2 is 2.10 bits per heavy atom. The smallest absolute Gasteiger partial charge is 0.239 e. The van der Waals surface area contributed by atoms with Crippen molar-refractivity contribution in [3.05, 3.63) is 28.8 Å². The first-order valence-electron chi connectivity index (χ1n) is 5.78. The van der Waals surface area contributed by atoms with Crippen molar-refractivity contribution >= 4 is 39.8 Å². The van der Waals surface area contributed by atoms with Crippen LogP contribution in [0.15, 0.2) is 23.1 Å². The summed E-state index contributed by atoms with van der Waals surface area (Å²) in [5.74, 6) is -0.425. The second-order valence-corrected chi connectivity index (χ2v) is 7.16. The molecule has 1 aliphatic rings. The number of hydrogen-bond acceptors (Lipinski definition) is 4. The molecule has 1 aromatic rings. The van der Waals surface area contributed by atoms with Gasteiger partial charge < -0.3 is 10.6 Å². The topological polar surface area (TPSA) is 80.5 Å². The van der Waals surface area contributed by atoms with E-state index in [2.05, 4.69) is 0 Å². The van der Waals surface area contributed by atoms with Crippen LogP contribution in [0.3, 0.4) is 0 Å². The fraction of sp³-hybridized carbons (Fsp3) is 0.417. The number of likely N-dealkylation sites (N-methyl/N-ethyl adjacent to an activating group) is 1. The minimum Gasteiger partial charge on any atom is -0.336 e. The number of carbonyl (C=O) groups is 1. The average molecular weight is 339 g/mol. The molecule has 0 spiro atoms. The van der Waals surface area contributed by atoms with Crippen molar-refractivity contribution in [1.29, 1.82) is 0 Å². The Morgan fingerprint density at radius 1 is 1.50 bits per heavy atom. The summed E-state index contributed by atoms with van der Waals surface area (Å²) < 4.78 is 24.1. The summed E-state index contributed by atoms with van der Waals surface area (Å²) in [5, 5.41) is 0.447. The third-order valence-corrected chi connectivity index (χ3v) is 5.28. The molecule has 0 fully saturated rings. The molecule has 2 rings (SSSR count). The van der Waals surface area contributed by atoms with Gasteiger partial charge in [-0.3, -0.25) is 4.79 Å². The molecule has 1 heterocycles. The van der Waals surface area contributed by atoms with Crippen LogP contribution in [0.25, 0.3) is 0 Å². The second-order valence-electron chi connectivity index (χ2n) is 4.72. The molecule has 0 saturated heterocycles. The lowest BCUT2D eigenvalue weighted by molar-refractivity contribution is -0.132. The largest absolute Gasteiger partial charge is 0.336 e. The highest BCUT2D eigenvalue weighted by Crippen LogP contribution is 2.38. The predicted octanol–water partition coefficient (Wildman–Crippen LogP) is 1.40. The maximum atomic E-state index is 12.1. The zero-order valence-corrected chi connectivity index (χ0v) is 13.4. The van der Waals surface area contributed by atoms with Gasteiger partial charge in [-0.1, -0.05) is 11.6 Å². The summed E-state index contributed by atoms with van der Waals surface area (Å²) in [6.07, 6.45) is 0. The molecule has 2 N–H and O–H groups in total. The number of amides is 1. The van der Waals surface area contributed by atoms with Crippen LogP contribution in [0, 0.1) is 0 Å². The van der Waals surface area contributed by atoms with Crippen LogP contribution >= 0.6 is 24.0 Å². The van der Waals surface area contributed by atoms with Crippen LogP contribution in [0.1, 0.15) is 18.5 Å². The molecule has 0 aromatic heterocycles. The van der Waals surface area contributed by atoms with Crippen molar-refractivity contribution in [3.8, 4) is 0 Å². The summed E-state index contributed by atoms with van der Waals surface area (Å²) in [6, 6.07) is 3.41. The summed E-state index contributed by atoms with van der Waals surface area (Å²) >= 11 is 5.91. The summed E-state index contributed by atoms with van der Waals surface area (Å²) in [7, 11) is -1.81. The molecule has 2 unspecified atom stereocenters. The zero-order chi connectivity index (χ0) is 14.4.